The number of hydrogen-bond donors (Lipinski definition) is 0. The minimum atomic E-state index is -1.02. The van der Waals surface area contributed by atoms with Gasteiger partial charge in [0.25, 0.3) is 0 Å². The molecule has 0 aromatic carbocycles. The fourth-order valence-corrected chi connectivity index (χ4v) is 4.27. The molecular weight excluding hydrogens is 298 g/mol. The lowest BCUT2D eigenvalue weighted by Gasteiger charge is -2.15. The van der Waals surface area contributed by atoms with Crippen molar-refractivity contribution in [3.63, 3.8) is 0 Å². The highest BCUT2D eigenvalue weighted by molar-refractivity contribution is 7.99. The van der Waals surface area contributed by atoms with Crippen molar-refractivity contribution in [2.75, 3.05) is 12.4 Å². The van der Waals surface area contributed by atoms with E-state index in [1.54, 1.807) is 6.33 Å². The van der Waals surface area contributed by atoms with Gasteiger partial charge in [0, 0.05) is 20.9 Å². The standard InChI is InChI=1S/C15H23N3OSSi/c1-21(2,3)8-6-19-11-18-9-12-5-4-7-20-15-13(12)14(18)16-10-17-15/h9-10H,4-8,11H2,1-3H3. The molecule has 0 saturated heterocycles. The molecule has 0 bridgehead atoms. The summed E-state index contributed by atoms with van der Waals surface area (Å²) in [5.41, 5.74) is 2.40. The molecule has 0 spiro atoms. The summed E-state index contributed by atoms with van der Waals surface area (Å²) < 4.78 is 8.03. The first-order valence-electron chi connectivity index (χ1n) is 7.58. The molecule has 0 saturated carbocycles. The maximum absolute atomic E-state index is 5.88. The predicted octanol–water partition coefficient (Wildman–Crippen LogP) is 3.78. The number of hydrogen-bond acceptors (Lipinski definition) is 4. The SMILES string of the molecule is C[Si](C)(C)CCOCn1cc2c3c(ncnc31)SCCC2. The summed E-state index contributed by atoms with van der Waals surface area (Å²) in [5.74, 6) is 1.15. The number of rotatable bonds is 5. The van der Waals surface area contributed by atoms with Crippen molar-refractivity contribution in [1.29, 1.82) is 0 Å². The molecule has 0 unspecified atom stereocenters. The van der Waals surface area contributed by atoms with Crippen molar-refractivity contribution in [3.8, 4) is 0 Å². The molecule has 0 N–H and O–H groups in total. The molecule has 0 fully saturated rings. The minimum absolute atomic E-state index is 0.599. The van der Waals surface area contributed by atoms with Gasteiger partial charge in [0.05, 0.1) is 5.39 Å². The van der Waals surface area contributed by atoms with Crippen LogP contribution in [-0.4, -0.2) is 35.0 Å². The normalized spacial score (nSPS) is 15.4. The van der Waals surface area contributed by atoms with Crippen LogP contribution in [0.25, 0.3) is 11.0 Å². The average Bonchev–Trinajstić information content (AvgIpc) is 2.64. The van der Waals surface area contributed by atoms with E-state index in [1.807, 2.05) is 11.8 Å². The van der Waals surface area contributed by atoms with Crippen LogP contribution < -0.4 is 0 Å². The summed E-state index contributed by atoms with van der Waals surface area (Å²) in [6, 6.07) is 1.20. The summed E-state index contributed by atoms with van der Waals surface area (Å²) in [4.78, 5) is 8.92. The molecule has 0 aliphatic carbocycles. The Morgan fingerprint density at radius 3 is 3.00 bits per heavy atom. The van der Waals surface area contributed by atoms with Gasteiger partial charge >= 0.3 is 0 Å². The molecular formula is C15H23N3OSSi. The number of nitrogens with zero attached hydrogens (tertiary/aromatic N) is 3. The Hall–Kier alpha value is -0.853. The minimum Gasteiger partial charge on any atom is -0.361 e. The van der Waals surface area contributed by atoms with Crippen molar-refractivity contribution in [2.24, 2.45) is 0 Å². The van der Waals surface area contributed by atoms with Crippen molar-refractivity contribution in [2.45, 2.75) is 50.3 Å². The van der Waals surface area contributed by atoms with Crippen LogP contribution in [0.15, 0.2) is 17.6 Å². The van der Waals surface area contributed by atoms with Crippen LogP contribution in [0.4, 0.5) is 0 Å². The highest BCUT2D eigenvalue weighted by Crippen LogP contribution is 2.33. The van der Waals surface area contributed by atoms with Gasteiger partial charge in [0.15, 0.2) is 0 Å². The van der Waals surface area contributed by atoms with Gasteiger partial charge in [0.2, 0.25) is 0 Å². The Labute approximate surface area is 131 Å². The average molecular weight is 322 g/mol. The van der Waals surface area contributed by atoms with Gasteiger partial charge in [-0.2, -0.15) is 0 Å². The highest BCUT2D eigenvalue weighted by Gasteiger charge is 2.18. The molecule has 1 aliphatic heterocycles. The summed E-state index contributed by atoms with van der Waals surface area (Å²) in [6.07, 6.45) is 6.21. The molecule has 2 aromatic rings. The molecule has 0 amide bonds. The second-order valence-corrected chi connectivity index (χ2v) is 13.5. The molecule has 2 aromatic heterocycles. The van der Waals surface area contributed by atoms with Crippen molar-refractivity contribution >= 4 is 30.9 Å². The Morgan fingerprint density at radius 1 is 1.33 bits per heavy atom. The quantitative estimate of drug-likeness (QED) is 0.477. The number of ether oxygens (including phenoxy) is 1. The van der Waals surface area contributed by atoms with E-state index in [-0.39, 0.29) is 0 Å². The predicted molar refractivity (Wildman–Crippen MR) is 90.7 cm³/mol. The van der Waals surface area contributed by atoms with Crippen LogP contribution >= 0.6 is 11.8 Å². The first kappa shape index (κ1) is 15.1. The summed E-state index contributed by atoms with van der Waals surface area (Å²) >= 11 is 1.85. The Balaban J connectivity index is 1.77. The second kappa shape index (κ2) is 6.10. The van der Waals surface area contributed by atoms with Crippen LogP contribution in [0.5, 0.6) is 0 Å². The molecule has 3 rings (SSSR count). The maximum atomic E-state index is 5.88. The van der Waals surface area contributed by atoms with Gasteiger partial charge in [-0.05, 0) is 30.2 Å². The summed E-state index contributed by atoms with van der Waals surface area (Å²) in [6.45, 7) is 8.58. The maximum Gasteiger partial charge on any atom is 0.146 e. The zero-order chi connectivity index (χ0) is 14.9. The molecule has 0 radical (unpaired) electrons. The molecule has 0 atom stereocenters. The topological polar surface area (TPSA) is 39.9 Å². The van der Waals surface area contributed by atoms with E-state index in [0.717, 1.165) is 29.5 Å². The van der Waals surface area contributed by atoms with Gasteiger partial charge in [0.1, 0.15) is 23.7 Å². The van der Waals surface area contributed by atoms with Crippen LogP contribution in [-0.2, 0) is 17.9 Å². The van der Waals surface area contributed by atoms with Gasteiger partial charge in [-0.3, -0.25) is 0 Å². The molecule has 3 heterocycles. The van der Waals surface area contributed by atoms with E-state index in [9.17, 15) is 0 Å². The van der Waals surface area contributed by atoms with Gasteiger partial charge in [-0.1, -0.05) is 19.6 Å². The lowest BCUT2D eigenvalue weighted by molar-refractivity contribution is 0.0898. The molecule has 4 nitrogen and oxygen atoms in total. The van der Waals surface area contributed by atoms with Crippen molar-refractivity contribution < 1.29 is 4.74 Å². The van der Waals surface area contributed by atoms with E-state index < -0.39 is 8.07 Å². The van der Waals surface area contributed by atoms with E-state index in [2.05, 4.69) is 40.4 Å². The third-order valence-electron chi connectivity index (χ3n) is 3.75. The number of thioether (sulfide) groups is 1. The Kier molecular flexibility index (Phi) is 4.38. The first-order chi connectivity index (χ1) is 10.0. The zero-order valence-electron chi connectivity index (χ0n) is 13.1. The van der Waals surface area contributed by atoms with Crippen LogP contribution in [0, 0.1) is 0 Å². The van der Waals surface area contributed by atoms with Gasteiger partial charge in [-0.25, -0.2) is 9.97 Å². The van der Waals surface area contributed by atoms with Gasteiger partial charge in [-0.15, -0.1) is 11.8 Å². The van der Waals surface area contributed by atoms with E-state index >= 15 is 0 Å². The van der Waals surface area contributed by atoms with Crippen molar-refractivity contribution in [3.05, 3.63) is 18.1 Å². The number of aryl methyl sites for hydroxylation is 1. The third kappa shape index (κ3) is 3.49. The fraction of sp³-hybridized carbons (Fsp3) is 0.600. The van der Waals surface area contributed by atoms with E-state index in [0.29, 0.717) is 6.73 Å². The summed E-state index contributed by atoms with van der Waals surface area (Å²) in [7, 11) is -1.02. The van der Waals surface area contributed by atoms with Gasteiger partial charge < -0.3 is 9.30 Å². The van der Waals surface area contributed by atoms with E-state index in [4.69, 9.17) is 4.74 Å². The van der Waals surface area contributed by atoms with E-state index in [1.165, 1.54) is 23.4 Å². The molecule has 21 heavy (non-hydrogen) atoms. The lowest BCUT2D eigenvalue weighted by Crippen LogP contribution is -2.22. The fourth-order valence-electron chi connectivity index (χ4n) is 2.54. The molecule has 1 aliphatic rings. The largest absolute Gasteiger partial charge is 0.361 e. The highest BCUT2D eigenvalue weighted by atomic mass is 32.2. The summed E-state index contributed by atoms with van der Waals surface area (Å²) in [5, 5.41) is 2.38. The van der Waals surface area contributed by atoms with Crippen LogP contribution in [0.3, 0.4) is 0 Å². The monoisotopic (exact) mass is 321 g/mol. The first-order valence-corrected chi connectivity index (χ1v) is 12.3. The van der Waals surface area contributed by atoms with Crippen molar-refractivity contribution in [1.82, 2.24) is 14.5 Å². The smallest absolute Gasteiger partial charge is 0.146 e. The Morgan fingerprint density at radius 2 is 2.19 bits per heavy atom. The Bertz CT molecular complexity index is 636. The molecule has 114 valence electrons. The lowest BCUT2D eigenvalue weighted by atomic mass is 10.1. The van der Waals surface area contributed by atoms with Crippen LogP contribution in [0.1, 0.15) is 12.0 Å². The molecule has 6 heteroatoms. The third-order valence-corrected chi connectivity index (χ3v) is 6.53. The van der Waals surface area contributed by atoms with Crippen LogP contribution in [0.2, 0.25) is 25.7 Å². The zero-order valence-corrected chi connectivity index (χ0v) is 14.9. The second-order valence-electron chi connectivity index (χ2n) is 6.80. The number of aromatic nitrogens is 3.